The van der Waals surface area contributed by atoms with Gasteiger partial charge in [0.2, 0.25) is 0 Å². The summed E-state index contributed by atoms with van der Waals surface area (Å²) in [4.78, 5) is 0. The first-order chi connectivity index (χ1) is 20.3. The zero-order valence-electron chi connectivity index (χ0n) is 21.9. The molecule has 0 radical (unpaired) electrons. The second kappa shape index (κ2) is 8.32. The summed E-state index contributed by atoms with van der Waals surface area (Å²) in [7, 11) is 0. The number of rotatable bonds is 2. The Labute approximate surface area is 239 Å². The molecule has 0 amide bonds. The van der Waals surface area contributed by atoms with Crippen LogP contribution < -0.4 is 0 Å². The van der Waals surface area contributed by atoms with E-state index in [2.05, 4.69) is 130 Å². The third-order valence-corrected chi connectivity index (χ3v) is 9.47. The van der Waals surface area contributed by atoms with Crippen LogP contribution in [0.15, 0.2) is 127 Å². The van der Waals surface area contributed by atoms with Gasteiger partial charge in [0.05, 0.1) is 39.4 Å². The first kappa shape index (κ1) is 22.4. The average Bonchev–Trinajstić information content (AvgIpc) is 3.68. The van der Waals surface area contributed by atoms with E-state index in [0.717, 1.165) is 22.1 Å². The topological polar surface area (TPSA) is 33.6 Å². The molecule has 9 aromatic rings. The summed E-state index contributed by atoms with van der Waals surface area (Å²) in [5, 5.41) is 17.0. The molecule has 0 aliphatic heterocycles. The van der Waals surface area contributed by atoms with Gasteiger partial charge in [0.25, 0.3) is 0 Å². The van der Waals surface area contributed by atoms with Gasteiger partial charge in [0.1, 0.15) is 0 Å². The first-order valence-electron chi connectivity index (χ1n) is 13.7. The van der Waals surface area contributed by atoms with E-state index in [4.69, 9.17) is 0 Å². The number of hydrogen-bond acceptors (Lipinski definition) is 2. The summed E-state index contributed by atoms with van der Waals surface area (Å²) in [5.74, 6) is 0. The fourth-order valence-electron chi connectivity index (χ4n) is 6.62. The summed E-state index contributed by atoms with van der Waals surface area (Å²) < 4.78 is 7.25. The van der Waals surface area contributed by atoms with E-state index in [0.29, 0.717) is 5.56 Å². The van der Waals surface area contributed by atoms with Crippen molar-refractivity contribution < 1.29 is 0 Å². The Morgan fingerprint density at radius 2 is 1.12 bits per heavy atom. The van der Waals surface area contributed by atoms with Gasteiger partial charge in [0.15, 0.2) is 0 Å². The van der Waals surface area contributed by atoms with E-state index in [-0.39, 0.29) is 0 Å². The zero-order valence-corrected chi connectivity index (χ0v) is 22.7. The molecule has 0 unspecified atom stereocenters. The fourth-order valence-corrected chi connectivity index (χ4v) is 7.73. The molecule has 0 aliphatic rings. The van der Waals surface area contributed by atoms with Crippen molar-refractivity contribution in [3.8, 4) is 17.4 Å². The molecule has 3 heterocycles. The third kappa shape index (κ3) is 3.07. The minimum Gasteiger partial charge on any atom is -0.309 e. The molecule has 9 rings (SSSR count). The van der Waals surface area contributed by atoms with Crippen molar-refractivity contribution in [3.05, 3.63) is 133 Å². The Hall–Kier alpha value is -5.37. The van der Waals surface area contributed by atoms with E-state index in [1.807, 2.05) is 23.5 Å². The highest BCUT2D eigenvalue weighted by atomic mass is 32.1. The van der Waals surface area contributed by atoms with Crippen LogP contribution in [0.3, 0.4) is 0 Å². The second-order valence-corrected chi connectivity index (χ2v) is 11.6. The summed E-state index contributed by atoms with van der Waals surface area (Å²) in [5.41, 5.74) is 7.56. The smallest absolute Gasteiger partial charge is 0.0992 e. The van der Waals surface area contributed by atoms with Crippen LogP contribution in [0.1, 0.15) is 5.56 Å². The van der Waals surface area contributed by atoms with Crippen molar-refractivity contribution >= 4 is 75.1 Å². The molecule has 0 aliphatic carbocycles. The van der Waals surface area contributed by atoms with Gasteiger partial charge in [-0.25, -0.2) is 0 Å². The molecule has 0 atom stereocenters. The molecule has 0 fully saturated rings. The third-order valence-electron chi connectivity index (χ3n) is 8.34. The fraction of sp³-hybridized carbons (Fsp3) is 0. The maximum absolute atomic E-state index is 9.68. The number of fused-ring (bicyclic) bond motifs is 9. The van der Waals surface area contributed by atoms with Crippen molar-refractivity contribution in [2.24, 2.45) is 0 Å². The van der Waals surface area contributed by atoms with E-state index < -0.39 is 0 Å². The van der Waals surface area contributed by atoms with Crippen molar-refractivity contribution in [3.63, 3.8) is 0 Å². The van der Waals surface area contributed by atoms with E-state index in [1.54, 1.807) is 0 Å². The molecule has 0 bridgehead atoms. The maximum atomic E-state index is 9.68. The predicted molar refractivity (Wildman–Crippen MR) is 173 cm³/mol. The summed E-state index contributed by atoms with van der Waals surface area (Å²) in [6.07, 6.45) is 0. The molecule has 6 aromatic carbocycles. The van der Waals surface area contributed by atoms with E-state index in [9.17, 15) is 5.26 Å². The van der Waals surface area contributed by atoms with Crippen LogP contribution >= 0.6 is 11.3 Å². The molecule has 190 valence electrons. The van der Waals surface area contributed by atoms with Crippen LogP contribution in [-0.4, -0.2) is 9.13 Å². The first-order valence-corrected chi connectivity index (χ1v) is 14.5. The van der Waals surface area contributed by atoms with Crippen LogP contribution in [-0.2, 0) is 0 Å². The Bertz CT molecular complexity index is 2500. The van der Waals surface area contributed by atoms with E-state index in [1.165, 1.54) is 53.1 Å². The monoisotopic (exact) mass is 539 g/mol. The largest absolute Gasteiger partial charge is 0.309 e. The van der Waals surface area contributed by atoms with Crippen molar-refractivity contribution in [1.82, 2.24) is 9.13 Å². The molecule has 3 nitrogen and oxygen atoms in total. The molecular formula is C37H21N3S. The second-order valence-electron chi connectivity index (χ2n) is 10.5. The molecule has 41 heavy (non-hydrogen) atoms. The number of hydrogen-bond donors (Lipinski definition) is 0. The van der Waals surface area contributed by atoms with Crippen molar-refractivity contribution in [2.45, 2.75) is 0 Å². The lowest BCUT2D eigenvalue weighted by molar-refractivity contribution is 1.18. The lowest BCUT2D eigenvalue weighted by atomic mass is 10.1. The Morgan fingerprint density at radius 3 is 1.80 bits per heavy atom. The number of nitriles is 1. The highest BCUT2D eigenvalue weighted by Gasteiger charge is 2.18. The predicted octanol–water partition coefficient (Wildman–Crippen LogP) is 10.1. The molecule has 0 saturated heterocycles. The van der Waals surface area contributed by atoms with Crippen LogP contribution in [0, 0.1) is 11.3 Å². The van der Waals surface area contributed by atoms with Gasteiger partial charge < -0.3 is 9.13 Å². The zero-order chi connectivity index (χ0) is 27.1. The minimum absolute atomic E-state index is 0.664. The molecule has 4 heteroatoms. The van der Waals surface area contributed by atoms with Crippen LogP contribution in [0.25, 0.3) is 75.2 Å². The molecular weight excluding hydrogens is 518 g/mol. The number of benzene rings is 6. The standard InChI is InChI=1S/C37H21N3S/c38-22-23-16-18-28-27-10-1-4-11-30(27)39(34(28)20-23)24-17-19-35-29(21-24)37-33(14-7-15-36(37)41-35)40-31-12-5-2-8-25(31)26-9-3-6-13-32(26)40/h1-21H. The van der Waals surface area contributed by atoms with Gasteiger partial charge in [0, 0.05) is 47.4 Å². The van der Waals surface area contributed by atoms with Gasteiger partial charge in [-0.15, -0.1) is 11.3 Å². The van der Waals surface area contributed by atoms with E-state index >= 15 is 0 Å². The lowest BCUT2D eigenvalue weighted by Gasteiger charge is -2.11. The average molecular weight is 540 g/mol. The van der Waals surface area contributed by atoms with Crippen LogP contribution in [0.5, 0.6) is 0 Å². The van der Waals surface area contributed by atoms with Gasteiger partial charge >= 0.3 is 0 Å². The normalized spacial score (nSPS) is 11.9. The quantitative estimate of drug-likeness (QED) is 0.215. The lowest BCUT2D eigenvalue weighted by Crippen LogP contribution is -1.95. The number of para-hydroxylation sites is 3. The van der Waals surface area contributed by atoms with Crippen molar-refractivity contribution in [2.75, 3.05) is 0 Å². The van der Waals surface area contributed by atoms with Crippen molar-refractivity contribution in [1.29, 1.82) is 5.26 Å². The summed E-state index contributed by atoms with van der Waals surface area (Å²) in [6.45, 7) is 0. The minimum atomic E-state index is 0.664. The Balaban J connectivity index is 1.39. The van der Waals surface area contributed by atoms with Gasteiger partial charge in [-0.2, -0.15) is 5.26 Å². The van der Waals surface area contributed by atoms with Gasteiger partial charge in [-0.1, -0.05) is 66.7 Å². The maximum Gasteiger partial charge on any atom is 0.0992 e. The van der Waals surface area contributed by atoms with Gasteiger partial charge in [-0.05, 0) is 60.7 Å². The Kier molecular flexibility index (Phi) is 4.55. The number of nitrogens with zero attached hydrogens (tertiary/aromatic N) is 3. The number of thiophene rings is 1. The summed E-state index contributed by atoms with van der Waals surface area (Å²) >= 11 is 1.84. The molecule has 3 aromatic heterocycles. The SMILES string of the molecule is N#Cc1ccc2c3ccccc3n(-c3ccc4sc5cccc(-n6c7ccccc7c7ccccc76)c5c4c3)c2c1. The Morgan fingerprint density at radius 1 is 0.488 bits per heavy atom. The van der Waals surface area contributed by atoms with Crippen LogP contribution in [0.4, 0.5) is 0 Å². The highest BCUT2D eigenvalue weighted by Crippen LogP contribution is 2.42. The molecule has 0 spiro atoms. The molecule has 0 N–H and O–H groups in total. The highest BCUT2D eigenvalue weighted by molar-refractivity contribution is 7.25. The van der Waals surface area contributed by atoms with Gasteiger partial charge in [-0.3, -0.25) is 0 Å². The number of aromatic nitrogens is 2. The summed E-state index contributed by atoms with van der Waals surface area (Å²) in [6, 6.07) is 47.6. The van der Waals surface area contributed by atoms with Crippen LogP contribution in [0.2, 0.25) is 0 Å². The molecule has 0 saturated carbocycles.